The predicted molar refractivity (Wildman–Crippen MR) is 72.8 cm³/mol. The average molecular weight is 319 g/mol. The lowest BCUT2D eigenvalue weighted by Gasteiger charge is -2.17. The highest BCUT2D eigenvalue weighted by molar-refractivity contribution is 6.42. The Bertz CT molecular complexity index is 648. The minimum Gasteiger partial charge on any atom is -0.394 e. The minimum atomic E-state index is -1.17. The highest BCUT2D eigenvalue weighted by Gasteiger charge is 2.43. The summed E-state index contributed by atoms with van der Waals surface area (Å²) in [5.74, 6) is 0. The second-order valence-electron chi connectivity index (χ2n) is 4.64. The van der Waals surface area contributed by atoms with Crippen molar-refractivity contribution in [1.29, 1.82) is 0 Å². The lowest BCUT2D eigenvalue weighted by Crippen LogP contribution is -2.33. The first-order valence-electron chi connectivity index (χ1n) is 5.97. The molecular formula is C12H12Cl2N2O4. The molecule has 0 unspecified atom stereocenters. The van der Waals surface area contributed by atoms with Crippen molar-refractivity contribution in [2.24, 2.45) is 0 Å². The van der Waals surface area contributed by atoms with Gasteiger partial charge in [0.05, 0.1) is 34.0 Å². The number of aliphatic hydroxyl groups is 3. The first kappa shape index (κ1) is 14.1. The molecule has 4 atom stereocenters. The zero-order valence-electron chi connectivity index (χ0n) is 10.1. The fourth-order valence-electron chi connectivity index (χ4n) is 2.34. The molecular weight excluding hydrogens is 307 g/mol. The van der Waals surface area contributed by atoms with Crippen molar-refractivity contribution in [3.8, 4) is 0 Å². The van der Waals surface area contributed by atoms with Crippen molar-refractivity contribution in [1.82, 2.24) is 9.55 Å². The Morgan fingerprint density at radius 2 is 1.90 bits per heavy atom. The number of ether oxygens (including phenoxy) is 1. The maximum absolute atomic E-state index is 10.0. The first-order chi connectivity index (χ1) is 9.52. The van der Waals surface area contributed by atoms with Gasteiger partial charge in [-0.1, -0.05) is 23.2 Å². The smallest absolute Gasteiger partial charge is 0.164 e. The molecule has 1 saturated heterocycles. The van der Waals surface area contributed by atoms with Gasteiger partial charge in [-0.15, -0.1) is 0 Å². The summed E-state index contributed by atoms with van der Waals surface area (Å²) in [5.41, 5.74) is 1.21. The number of aliphatic hydroxyl groups excluding tert-OH is 3. The van der Waals surface area contributed by atoms with Gasteiger partial charge in [0, 0.05) is 0 Å². The van der Waals surface area contributed by atoms with E-state index >= 15 is 0 Å². The largest absolute Gasteiger partial charge is 0.394 e. The van der Waals surface area contributed by atoms with Gasteiger partial charge in [0.25, 0.3) is 0 Å². The monoisotopic (exact) mass is 318 g/mol. The van der Waals surface area contributed by atoms with Crippen LogP contribution in [0.15, 0.2) is 18.5 Å². The van der Waals surface area contributed by atoms with Crippen LogP contribution in [-0.4, -0.2) is 49.8 Å². The maximum atomic E-state index is 10.0. The van der Waals surface area contributed by atoms with Crippen LogP contribution in [0.2, 0.25) is 10.0 Å². The number of imidazole rings is 1. The molecule has 8 heteroatoms. The topological polar surface area (TPSA) is 87.7 Å². The van der Waals surface area contributed by atoms with Gasteiger partial charge in [-0.3, -0.25) is 0 Å². The normalized spacial score (nSPS) is 30.2. The number of nitrogens with zero attached hydrogens (tertiary/aromatic N) is 2. The van der Waals surface area contributed by atoms with Crippen molar-refractivity contribution in [3.05, 3.63) is 28.5 Å². The van der Waals surface area contributed by atoms with Gasteiger partial charge >= 0.3 is 0 Å². The summed E-state index contributed by atoms with van der Waals surface area (Å²) in [6, 6.07) is 3.22. The molecule has 0 saturated carbocycles. The summed E-state index contributed by atoms with van der Waals surface area (Å²) >= 11 is 11.9. The number of aromatic nitrogens is 2. The molecule has 2 aromatic rings. The van der Waals surface area contributed by atoms with Crippen molar-refractivity contribution in [3.63, 3.8) is 0 Å². The summed E-state index contributed by atoms with van der Waals surface area (Å²) in [6.07, 6.45) is -2.54. The second-order valence-corrected chi connectivity index (χ2v) is 5.45. The van der Waals surface area contributed by atoms with E-state index in [4.69, 9.17) is 33.0 Å². The van der Waals surface area contributed by atoms with Crippen LogP contribution in [0, 0.1) is 0 Å². The zero-order chi connectivity index (χ0) is 14.4. The average Bonchev–Trinajstić information content (AvgIpc) is 2.94. The van der Waals surface area contributed by atoms with Crippen molar-refractivity contribution in [2.45, 2.75) is 24.5 Å². The number of fused-ring (bicyclic) bond motifs is 1. The molecule has 0 bridgehead atoms. The highest BCUT2D eigenvalue weighted by Crippen LogP contribution is 2.34. The zero-order valence-corrected chi connectivity index (χ0v) is 11.7. The van der Waals surface area contributed by atoms with E-state index in [1.54, 1.807) is 16.7 Å². The molecule has 6 nitrogen and oxygen atoms in total. The van der Waals surface area contributed by atoms with Gasteiger partial charge in [-0.25, -0.2) is 4.98 Å². The van der Waals surface area contributed by atoms with Crippen LogP contribution >= 0.6 is 23.2 Å². The maximum Gasteiger partial charge on any atom is 0.164 e. The Hall–Kier alpha value is -0.890. The van der Waals surface area contributed by atoms with E-state index < -0.39 is 24.5 Å². The number of benzene rings is 1. The van der Waals surface area contributed by atoms with E-state index in [1.165, 1.54) is 6.33 Å². The van der Waals surface area contributed by atoms with Crippen LogP contribution in [0.25, 0.3) is 11.0 Å². The molecule has 1 aromatic heterocycles. The quantitative estimate of drug-likeness (QED) is 0.767. The van der Waals surface area contributed by atoms with Gasteiger partial charge in [0.15, 0.2) is 6.23 Å². The lowest BCUT2D eigenvalue weighted by molar-refractivity contribution is -0.0508. The molecule has 1 aromatic carbocycles. The Kier molecular flexibility index (Phi) is 3.62. The van der Waals surface area contributed by atoms with Crippen LogP contribution in [0.3, 0.4) is 0 Å². The second kappa shape index (κ2) is 5.14. The predicted octanol–water partition coefficient (Wildman–Crippen LogP) is 0.955. The van der Waals surface area contributed by atoms with Crippen molar-refractivity contribution < 1.29 is 20.1 Å². The van der Waals surface area contributed by atoms with Crippen LogP contribution in [0.5, 0.6) is 0 Å². The molecule has 20 heavy (non-hydrogen) atoms. The molecule has 1 aliphatic heterocycles. The van der Waals surface area contributed by atoms with Gasteiger partial charge in [0.2, 0.25) is 0 Å². The highest BCUT2D eigenvalue weighted by atomic mass is 35.5. The molecule has 2 heterocycles. The van der Waals surface area contributed by atoms with E-state index in [0.717, 1.165) is 0 Å². The summed E-state index contributed by atoms with van der Waals surface area (Å²) in [6.45, 7) is -0.381. The third-order valence-corrected chi connectivity index (χ3v) is 4.13. The Morgan fingerprint density at radius 3 is 2.55 bits per heavy atom. The number of hydrogen-bond donors (Lipinski definition) is 3. The molecule has 1 aliphatic rings. The summed E-state index contributed by atoms with van der Waals surface area (Å²) < 4.78 is 7.01. The van der Waals surface area contributed by atoms with Gasteiger partial charge < -0.3 is 24.6 Å². The van der Waals surface area contributed by atoms with Crippen LogP contribution in [-0.2, 0) is 4.74 Å². The summed E-state index contributed by atoms with van der Waals surface area (Å²) in [7, 11) is 0. The minimum absolute atomic E-state index is 0.354. The van der Waals surface area contributed by atoms with E-state index in [2.05, 4.69) is 4.98 Å². The number of rotatable bonds is 2. The molecule has 1 fully saturated rings. The Balaban J connectivity index is 2.05. The Labute approximate surface area is 124 Å². The molecule has 108 valence electrons. The fourth-order valence-corrected chi connectivity index (χ4v) is 2.65. The molecule has 0 spiro atoms. The lowest BCUT2D eigenvalue weighted by atomic mass is 10.1. The van der Waals surface area contributed by atoms with Crippen LogP contribution < -0.4 is 0 Å². The third-order valence-electron chi connectivity index (χ3n) is 3.41. The molecule has 3 rings (SSSR count). The fraction of sp³-hybridized carbons (Fsp3) is 0.417. The third kappa shape index (κ3) is 2.09. The van der Waals surface area contributed by atoms with E-state index in [-0.39, 0.29) is 6.61 Å². The molecule has 3 N–H and O–H groups in total. The number of hydrogen-bond acceptors (Lipinski definition) is 5. The van der Waals surface area contributed by atoms with Gasteiger partial charge in [-0.2, -0.15) is 0 Å². The summed E-state index contributed by atoms with van der Waals surface area (Å²) in [4.78, 5) is 4.16. The standard InChI is InChI=1S/C12H12Cl2N2O4/c13-5-1-7-8(2-6(5)14)16(4-15-7)12-11(19)10(18)9(3-17)20-12/h1-2,4,9-12,17-19H,3H2/t9-,10+,11-,12-/m1/s1. The van der Waals surface area contributed by atoms with Gasteiger partial charge in [0.1, 0.15) is 18.3 Å². The van der Waals surface area contributed by atoms with E-state index in [1.807, 2.05) is 0 Å². The molecule has 0 radical (unpaired) electrons. The van der Waals surface area contributed by atoms with Crippen molar-refractivity contribution >= 4 is 34.2 Å². The van der Waals surface area contributed by atoms with Gasteiger partial charge in [-0.05, 0) is 12.1 Å². The summed E-state index contributed by atoms with van der Waals surface area (Å²) in [5, 5.41) is 29.6. The Morgan fingerprint density at radius 1 is 1.20 bits per heavy atom. The molecule has 0 amide bonds. The van der Waals surface area contributed by atoms with Crippen LogP contribution in [0.4, 0.5) is 0 Å². The number of halogens is 2. The van der Waals surface area contributed by atoms with E-state index in [9.17, 15) is 10.2 Å². The van der Waals surface area contributed by atoms with Crippen molar-refractivity contribution in [2.75, 3.05) is 6.61 Å². The molecule has 0 aliphatic carbocycles. The first-order valence-corrected chi connectivity index (χ1v) is 6.72. The SMILES string of the molecule is OC[C@H]1O[C@@H](n2cnc3cc(Cl)c(Cl)cc32)[C@H](O)[C@H]1O. The van der Waals surface area contributed by atoms with E-state index in [0.29, 0.717) is 21.1 Å². The van der Waals surface area contributed by atoms with Crippen LogP contribution in [0.1, 0.15) is 6.23 Å².